The number of carbonyl (C=O) groups excluding carboxylic acids is 2. The average molecular weight is 364 g/mol. The fourth-order valence-electron chi connectivity index (χ4n) is 3.17. The van der Waals surface area contributed by atoms with Gasteiger partial charge in [-0.25, -0.2) is 5.84 Å². The smallest absolute Gasteiger partial charge is 0.234 e. The van der Waals surface area contributed by atoms with E-state index in [-0.39, 0.29) is 30.7 Å². The Kier molecular flexibility index (Phi) is 7.23. The van der Waals surface area contributed by atoms with Gasteiger partial charge in [-0.2, -0.15) is 0 Å². The van der Waals surface area contributed by atoms with Crippen LogP contribution >= 0.6 is 0 Å². The Morgan fingerprint density at radius 1 is 1.15 bits per heavy atom. The Bertz CT molecular complexity index is 630. The van der Waals surface area contributed by atoms with Crippen LogP contribution in [0.25, 0.3) is 0 Å². The highest BCUT2D eigenvalue weighted by atomic mass is 16.5. The normalized spacial score (nSPS) is 16.1. The van der Waals surface area contributed by atoms with Crippen molar-refractivity contribution in [3.05, 3.63) is 23.8 Å². The molecule has 1 aliphatic rings. The minimum absolute atomic E-state index is 0.0112. The second kappa shape index (κ2) is 9.40. The monoisotopic (exact) mass is 364 g/mol. The summed E-state index contributed by atoms with van der Waals surface area (Å²) in [7, 11) is 3.28. The molecular weight excluding hydrogens is 336 g/mol. The van der Waals surface area contributed by atoms with E-state index in [1.54, 1.807) is 19.1 Å². The van der Waals surface area contributed by atoms with Gasteiger partial charge in [-0.05, 0) is 13.0 Å². The van der Waals surface area contributed by atoms with E-state index in [9.17, 15) is 9.59 Å². The lowest BCUT2D eigenvalue weighted by molar-refractivity contribution is -0.135. The van der Waals surface area contributed by atoms with Gasteiger partial charge in [-0.15, -0.1) is 0 Å². The zero-order valence-electron chi connectivity index (χ0n) is 15.7. The molecule has 0 aromatic heterocycles. The molecule has 1 saturated heterocycles. The van der Waals surface area contributed by atoms with Gasteiger partial charge in [-0.1, -0.05) is 6.07 Å². The lowest BCUT2D eigenvalue weighted by atomic mass is 10.0. The van der Waals surface area contributed by atoms with Crippen LogP contribution in [0, 0.1) is 0 Å². The van der Waals surface area contributed by atoms with E-state index in [2.05, 4.69) is 11.8 Å². The first kappa shape index (κ1) is 20.0. The molecule has 8 nitrogen and oxygen atoms in total. The molecule has 1 atom stereocenters. The summed E-state index contributed by atoms with van der Waals surface area (Å²) in [4.78, 5) is 27.5. The Balaban J connectivity index is 1.93. The van der Waals surface area contributed by atoms with Crippen molar-refractivity contribution >= 4 is 11.8 Å². The zero-order valence-corrected chi connectivity index (χ0v) is 15.7. The van der Waals surface area contributed by atoms with Crippen molar-refractivity contribution < 1.29 is 19.1 Å². The third-order valence-electron chi connectivity index (χ3n) is 4.83. The fourth-order valence-corrected chi connectivity index (χ4v) is 3.17. The van der Waals surface area contributed by atoms with E-state index in [1.807, 2.05) is 23.6 Å². The molecule has 2 rings (SSSR count). The Hall–Kier alpha value is -2.32. The molecular formula is C18H28N4O4. The third kappa shape index (κ3) is 4.86. The first-order chi connectivity index (χ1) is 12.5. The lowest BCUT2D eigenvalue weighted by Crippen LogP contribution is -2.49. The summed E-state index contributed by atoms with van der Waals surface area (Å²) in [5.41, 5.74) is 3.13. The molecule has 2 amide bonds. The number of benzene rings is 1. The lowest BCUT2D eigenvalue weighted by Gasteiger charge is -2.38. The van der Waals surface area contributed by atoms with E-state index in [4.69, 9.17) is 15.3 Å². The van der Waals surface area contributed by atoms with Gasteiger partial charge in [0.1, 0.15) is 11.5 Å². The van der Waals surface area contributed by atoms with Crippen LogP contribution in [-0.4, -0.2) is 62.0 Å². The summed E-state index contributed by atoms with van der Waals surface area (Å²) in [6.07, 6.45) is 0.305. The minimum Gasteiger partial charge on any atom is -0.497 e. The largest absolute Gasteiger partial charge is 0.497 e. The third-order valence-corrected chi connectivity index (χ3v) is 4.83. The molecule has 1 aliphatic heterocycles. The maximum atomic E-state index is 12.2. The fraction of sp³-hybridized carbons (Fsp3) is 0.556. The topological polar surface area (TPSA) is 97.1 Å². The highest BCUT2D eigenvalue weighted by Gasteiger charge is 2.26. The van der Waals surface area contributed by atoms with Gasteiger partial charge in [0.25, 0.3) is 0 Å². The van der Waals surface area contributed by atoms with Crippen LogP contribution < -0.4 is 20.7 Å². The van der Waals surface area contributed by atoms with Crippen molar-refractivity contribution in [3.8, 4) is 11.5 Å². The number of methoxy groups -OCH3 is 2. The van der Waals surface area contributed by atoms with Gasteiger partial charge in [0.2, 0.25) is 11.8 Å². The van der Waals surface area contributed by atoms with Crippen molar-refractivity contribution in [2.75, 3.05) is 40.4 Å². The number of hydrazine groups is 1. The Labute approximate surface area is 154 Å². The number of rotatable bonds is 7. The van der Waals surface area contributed by atoms with Crippen LogP contribution in [0.1, 0.15) is 31.4 Å². The van der Waals surface area contributed by atoms with Crippen LogP contribution in [0.4, 0.5) is 0 Å². The highest BCUT2D eigenvalue weighted by molar-refractivity contribution is 5.83. The predicted molar refractivity (Wildman–Crippen MR) is 97.7 cm³/mol. The molecule has 1 unspecified atom stereocenters. The van der Waals surface area contributed by atoms with E-state index in [1.165, 1.54) is 0 Å². The number of nitrogens with zero attached hydrogens (tertiary/aromatic N) is 2. The molecule has 8 heteroatoms. The predicted octanol–water partition coefficient (Wildman–Crippen LogP) is 0.679. The maximum Gasteiger partial charge on any atom is 0.234 e. The van der Waals surface area contributed by atoms with Gasteiger partial charge in [0.05, 0.1) is 14.2 Å². The molecule has 26 heavy (non-hydrogen) atoms. The number of nitrogens with two attached hydrogens (primary N) is 1. The van der Waals surface area contributed by atoms with Crippen LogP contribution in [0.3, 0.4) is 0 Å². The van der Waals surface area contributed by atoms with Crippen molar-refractivity contribution in [1.82, 2.24) is 15.2 Å². The summed E-state index contributed by atoms with van der Waals surface area (Å²) in [6, 6.07) is 5.99. The SMILES string of the molecule is COc1ccc(C(C)N2CCN(C(=O)CCC(=O)NN)CC2)c(OC)c1. The standard InChI is InChI=1S/C18H28N4O4/c1-13(15-5-4-14(25-2)12-16(15)26-3)21-8-10-22(11-9-21)18(24)7-6-17(23)20-19/h4-5,12-13H,6-11,19H2,1-3H3,(H,20,23). The van der Waals surface area contributed by atoms with Gasteiger partial charge >= 0.3 is 0 Å². The van der Waals surface area contributed by atoms with Gasteiger partial charge in [-0.3, -0.25) is 19.9 Å². The van der Waals surface area contributed by atoms with E-state index >= 15 is 0 Å². The number of piperazine rings is 1. The Morgan fingerprint density at radius 3 is 2.42 bits per heavy atom. The molecule has 0 saturated carbocycles. The van der Waals surface area contributed by atoms with Gasteiger partial charge < -0.3 is 14.4 Å². The summed E-state index contributed by atoms with van der Waals surface area (Å²) in [5.74, 6) is 6.26. The van der Waals surface area contributed by atoms with Crippen LogP contribution in [-0.2, 0) is 9.59 Å². The van der Waals surface area contributed by atoms with Crippen LogP contribution in [0.2, 0.25) is 0 Å². The summed E-state index contributed by atoms with van der Waals surface area (Å²) in [5, 5.41) is 0. The second-order valence-corrected chi connectivity index (χ2v) is 6.27. The summed E-state index contributed by atoms with van der Waals surface area (Å²) >= 11 is 0. The molecule has 144 valence electrons. The molecule has 0 aliphatic carbocycles. The van der Waals surface area contributed by atoms with Crippen LogP contribution in [0.15, 0.2) is 18.2 Å². The number of carbonyl (C=O) groups is 2. The number of ether oxygens (including phenoxy) is 2. The number of amides is 2. The quantitative estimate of drug-likeness (QED) is 0.420. The number of hydrogen-bond donors (Lipinski definition) is 2. The van der Waals surface area contributed by atoms with Gasteiger partial charge in [0.15, 0.2) is 0 Å². The van der Waals surface area contributed by atoms with Crippen molar-refractivity contribution in [3.63, 3.8) is 0 Å². The van der Waals surface area contributed by atoms with Gasteiger partial charge in [0, 0.05) is 56.7 Å². The Morgan fingerprint density at radius 2 is 1.85 bits per heavy atom. The zero-order chi connectivity index (χ0) is 19.1. The minimum atomic E-state index is -0.322. The van der Waals surface area contributed by atoms with Crippen molar-refractivity contribution in [2.24, 2.45) is 5.84 Å². The summed E-state index contributed by atoms with van der Waals surface area (Å²) in [6.45, 7) is 4.96. The molecule has 1 fully saturated rings. The molecule has 0 bridgehead atoms. The number of nitrogens with one attached hydrogen (secondary N) is 1. The molecule has 1 aromatic rings. The first-order valence-corrected chi connectivity index (χ1v) is 8.73. The van der Waals surface area contributed by atoms with Crippen molar-refractivity contribution in [2.45, 2.75) is 25.8 Å². The average Bonchev–Trinajstić information content (AvgIpc) is 2.70. The molecule has 0 radical (unpaired) electrons. The molecule has 1 aromatic carbocycles. The molecule has 3 N–H and O–H groups in total. The maximum absolute atomic E-state index is 12.2. The first-order valence-electron chi connectivity index (χ1n) is 8.73. The number of hydrogen-bond acceptors (Lipinski definition) is 6. The van der Waals surface area contributed by atoms with Crippen LogP contribution in [0.5, 0.6) is 11.5 Å². The molecule has 0 spiro atoms. The van der Waals surface area contributed by atoms with E-state index in [0.717, 1.165) is 30.2 Å². The van der Waals surface area contributed by atoms with Crippen molar-refractivity contribution in [1.29, 1.82) is 0 Å². The summed E-state index contributed by atoms with van der Waals surface area (Å²) < 4.78 is 10.8. The molecule has 1 heterocycles. The van der Waals surface area contributed by atoms with E-state index < -0.39 is 0 Å². The van der Waals surface area contributed by atoms with E-state index in [0.29, 0.717) is 13.1 Å². The second-order valence-electron chi connectivity index (χ2n) is 6.27. The highest BCUT2D eigenvalue weighted by Crippen LogP contribution is 2.32.